The molecule has 0 radical (unpaired) electrons. The van der Waals surface area contributed by atoms with E-state index in [4.69, 9.17) is 0 Å². The predicted octanol–water partition coefficient (Wildman–Crippen LogP) is 4.06. The number of carbonyl (C=O) groups excluding carboxylic acids is 1. The van der Waals surface area contributed by atoms with Crippen LogP contribution in [0.15, 0.2) is 48.5 Å². The summed E-state index contributed by atoms with van der Waals surface area (Å²) >= 11 is 0. The minimum atomic E-state index is -0.0329. The Morgan fingerprint density at radius 3 is 2.48 bits per heavy atom. The van der Waals surface area contributed by atoms with Crippen LogP contribution in [0.3, 0.4) is 0 Å². The quantitative estimate of drug-likeness (QED) is 0.754. The molecule has 1 amide bonds. The molecule has 1 heterocycles. The molecule has 21 heavy (non-hydrogen) atoms. The second-order valence-corrected chi connectivity index (χ2v) is 5.43. The number of aryl methyl sites for hydroxylation is 2. The van der Waals surface area contributed by atoms with Crippen LogP contribution < -0.4 is 4.90 Å². The maximum absolute atomic E-state index is 12.6. The standard InChI is InChI=1S/C18H18N2O/c1-12-9-13(2)15-11-17(19-16(15)10-12)18(21)20(3)14-7-5-4-6-8-14/h4-11,19H,1-3H3. The van der Waals surface area contributed by atoms with Gasteiger partial charge in [-0.3, -0.25) is 4.79 Å². The molecule has 0 spiro atoms. The number of nitrogens with one attached hydrogen (secondary N) is 1. The fourth-order valence-electron chi connectivity index (χ4n) is 2.66. The normalized spacial score (nSPS) is 10.8. The van der Waals surface area contributed by atoms with Crippen LogP contribution in [-0.2, 0) is 0 Å². The average molecular weight is 278 g/mol. The number of carbonyl (C=O) groups is 1. The molecule has 0 unspecified atom stereocenters. The van der Waals surface area contributed by atoms with Gasteiger partial charge in [0.25, 0.3) is 5.91 Å². The Balaban J connectivity index is 2.00. The zero-order chi connectivity index (χ0) is 15.0. The first-order chi connectivity index (χ1) is 10.1. The van der Waals surface area contributed by atoms with Crippen molar-refractivity contribution < 1.29 is 4.79 Å². The molecule has 0 aliphatic heterocycles. The molecule has 0 fully saturated rings. The zero-order valence-electron chi connectivity index (χ0n) is 12.5. The SMILES string of the molecule is Cc1cc(C)c2cc(C(=O)N(C)c3ccccc3)[nH]c2c1. The fraction of sp³-hybridized carbons (Fsp3) is 0.167. The first kappa shape index (κ1) is 13.4. The van der Waals surface area contributed by atoms with E-state index in [0.717, 1.165) is 16.6 Å². The molecule has 106 valence electrons. The van der Waals surface area contributed by atoms with Crippen molar-refractivity contribution >= 4 is 22.5 Å². The van der Waals surface area contributed by atoms with Gasteiger partial charge in [-0.15, -0.1) is 0 Å². The van der Waals surface area contributed by atoms with Crippen LogP contribution in [0.5, 0.6) is 0 Å². The smallest absolute Gasteiger partial charge is 0.274 e. The summed E-state index contributed by atoms with van der Waals surface area (Å²) in [6.07, 6.45) is 0. The molecule has 0 saturated heterocycles. The summed E-state index contributed by atoms with van der Waals surface area (Å²) in [6.45, 7) is 4.13. The van der Waals surface area contributed by atoms with Gasteiger partial charge in [0.1, 0.15) is 5.69 Å². The van der Waals surface area contributed by atoms with Crippen molar-refractivity contribution in [1.29, 1.82) is 0 Å². The van der Waals surface area contributed by atoms with Crippen molar-refractivity contribution in [2.45, 2.75) is 13.8 Å². The summed E-state index contributed by atoms with van der Waals surface area (Å²) < 4.78 is 0. The average Bonchev–Trinajstić information content (AvgIpc) is 2.91. The van der Waals surface area contributed by atoms with E-state index in [1.807, 2.05) is 36.4 Å². The van der Waals surface area contributed by atoms with Crippen molar-refractivity contribution in [3.63, 3.8) is 0 Å². The number of nitrogens with zero attached hydrogens (tertiary/aromatic N) is 1. The van der Waals surface area contributed by atoms with E-state index in [1.54, 1.807) is 11.9 Å². The topological polar surface area (TPSA) is 36.1 Å². The molecule has 0 atom stereocenters. The molecule has 2 aromatic carbocycles. The highest BCUT2D eigenvalue weighted by Gasteiger charge is 2.16. The number of hydrogen-bond acceptors (Lipinski definition) is 1. The molecule has 0 aliphatic carbocycles. The maximum atomic E-state index is 12.6. The van der Waals surface area contributed by atoms with Gasteiger partial charge in [0.05, 0.1) is 0 Å². The van der Waals surface area contributed by atoms with Crippen LogP contribution in [0.1, 0.15) is 21.6 Å². The highest BCUT2D eigenvalue weighted by molar-refractivity contribution is 6.07. The van der Waals surface area contributed by atoms with E-state index in [0.29, 0.717) is 5.69 Å². The lowest BCUT2D eigenvalue weighted by atomic mass is 10.1. The van der Waals surface area contributed by atoms with Crippen molar-refractivity contribution in [2.75, 3.05) is 11.9 Å². The van der Waals surface area contributed by atoms with Crippen LogP contribution in [0.4, 0.5) is 5.69 Å². The van der Waals surface area contributed by atoms with Crippen molar-refractivity contribution in [2.24, 2.45) is 0 Å². The number of amides is 1. The van der Waals surface area contributed by atoms with Gasteiger partial charge >= 0.3 is 0 Å². The van der Waals surface area contributed by atoms with Crippen LogP contribution >= 0.6 is 0 Å². The van der Waals surface area contributed by atoms with E-state index in [1.165, 1.54) is 11.1 Å². The summed E-state index contributed by atoms with van der Waals surface area (Å²) in [5.74, 6) is -0.0329. The Labute approximate surface area is 124 Å². The molecule has 1 N–H and O–H groups in total. The minimum Gasteiger partial charge on any atom is -0.350 e. The van der Waals surface area contributed by atoms with Gasteiger partial charge in [0.15, 0.2) is 0 Å². The molecule has 0 bridgehead atoms. The van der Waals surface area contributed by atoms with Crippen LogP contribution in [0.25, 0.3) is 10.9 Å². The number of benzene rings is 2. The van der Waals surface area contributed by atoms with Crippen LogP contribution in [-0.4, -0.2) is 17.9 Å². The molecular weight excluding hydrogens is 260 g/mol. The van der Waals surface area contributed by atoms with Crippen molar-refractivity contribution in [3.8, 4) is 0 Å². The van der Waals surface area contributed by atoms with Crippen molar-refractivity contribution in [3.05, 3.63) is 65.4 Å². The summed E-state index contributed by atoms with van der Waals surface area (Å²) in [4.78, 5) is 17.5. The second-order valence-electron chi connectivity index (χ2n) is 5.43. The van der Waals surface area contributed by atoms with Gasteiger partial charge in [-0.25, -0.2) is 0 Å². The monoisotopic (exact) mass is 278 g/mol. The molecule has 3 rings (SSSR count). The van der Waals surface area contributed by atoms with E-state index in [9.17, 15) is 4.79 Å². The summed E-state index contributed by atoms with van der Waals surface area (Å²) in [5, 5.41) is 1.10. The lowest BCUT2D eigenvalue weighted by molar-refractivity contribution is 0.0989. The minimum absolute atomic E-state index is 0.0329. The molecule has 3 nitrogen and oxygen atoms in total. The summed E-state index contributed by atoms with van der Waals surface area (Å²) in [5.41, 5.74) is 4.89. The third kappa shape index (κ3) is 2.42. The Bertz CT molecular complexity index is 803. The van der Waals surface area contributed by atoms with Gasteiger partial charge in [0, 0.05) is 23.6 Å². The van der Waals surface area contributed by atoms with Crippen LogP contribution in [0.2, 0.25) is 0 Å². The number of fused-ring (bicyclic) bond motifs is 1. The molecule has 3 aromatic rings. The van der Waals surface area contributed by atoms with E-state index in [2.05, 4.69) is 31.0 Å². The van der Waals surface area contributed by atoms with Gasteiger partial charge < -0.3 is 9.88 Å². The third-order valence-electron chi connectivity index (χ3n) is 3.77. The summed E-state index contributed by atoms with van der Waals surface area (Å²) in [6, 6.07) is 15.8. The van der Waals surface area contributed by atoms with Gasteiger partial charge in [-0.1, -0.05) is 24.3 Å². The van der Waals surface area contributed by atoms with Gasteiger partial charge in [0.2, 0.25) is 0 Å². The Morgan fingerprint density at radius 1 is 1.05 bits per heavy atom. The lowest BCUT2D eigenvalue weighted by Gasteiger charge is -2.16. The number of aromatic amines is 1. The van der Waals surface area contributed by atoms with Crippen LogP contribution in [0, 0.1) is 13.8 Å². The number of hydrogen-bond donors (Lipinski definition) is 1. The largest absolute Gasteiger partial charge is 0.350 e. The molecular formula is C18H18N2O. The number of rotatable bonds is 2. The van der Waals surface area contributed by atoms with Gasteiger partial charge in [-0.05, 0) is 49.2 Å². The molecule has 0 saturated carbocycles. The van der Waals surface area contributed by atoms with E-state index in [-0.39, 0.29) is 5.91 Å². The highest BCUT2D eigenvalue weighted by atomic mass is 16.2. The summed E-state index contributed by atoms with van der Waals surface area (Å²) in [7, 11) is 1.79. The number of para-hydroxylation sites is 1. The lowest BCUT2D eigenvalue weighted by Crippen LogP contribution is -2.26. The Morgan fingerprint density at radius 2 is 1.76 bits per heavy atom. The Kier molecular flexibility index (Phi) is 3.26. The van der Waals surface area contributed by atoms with Crippen molar-refractivity contribution in [1.82, 2.24) is 4.98 Å². The highest BCUT2D eigenvalue weighted by Crippen LogP contribution is 2.23. The zero-order valence-corrected chi connectivity index (χ0v) is 12.5. The van der Waals surface area contributed by atoms with Gasteiger partial charge in [-0.2, -0.15) is 0 Å². The molecule has 3 heteroatoms. The fourth-order valence-corrected chi connectivity index (χ4v) is 2.66. The third-order valence-corrected chi connectivity index (χ3v) is 3.77. The first-order valence-electron chi connectivity index (χ1n) is 6.99. The van der Waals surface area contributed by atoms with E-state index < -0.39 is 0 Å². The number of H-pyrrole nitrogens is 1. The number of anilines is 1. The Hall–Kier alpha value is -2.55. The first-order valence-corrected chi connectivity index (χ1v) is 6.99. The molecule has 0 aliphatic rings. The predicted molar refractivity (Wildman–Crippen MR) is 86.9 cm³/mol. The maximum Gasteiger partial charge on any atom is 0.274 e. The second kappa shape index (κ2) is 5.09. The van der Waals surface area contributed by atoms with E-state index >= 15 is 0 Å². The number of aromatic nitrogens is 1. The molecule has 1 aromatic heterocycles.